The zero-order chi connectivity index (χ0) is 24.3. The molecule has 10 heteroatoms. The first-order valence-electron chi connectivity index (χ1n) is 10.5. The Kier molecular flexibility index (Phi) is 4.68. The molecule has 0 unspecified atom stereocenters. The summed E-state index contributed by atoms with van der Waals surface area (Å²) in [5.41, 5.74) is 0.740. The second-order valence-electron chi connectivity index (χ2n) is 7.88. The van der Waals surface area contributed by atoms with Gasteiger partial charge in [-0.1, -0.05) is 41.7 Å². The summed E-state index contributed by atoms with van der Waals surface area (Å²) in [5.74, 6) is 1.41. The number of rotatable bonds is 3. The van der Waals surface area contributed by atoms with Crippen LogP contribution in [-0.4, -0.2) is 14.6 Å². The summed E-state index contributed by atoms with van der Waals surface area (Å²) in [4.78, 5) is 17.8. The number of aromatic nitrogens is 3. The van der Waals surface area contributed by atoms with E-state index in [1.165, 1.54) is 22.7 Å². The summed E-state index contributed by atoms with van der Waals surface area (Å²) < 4.78 is 52.2. The minimum Gasteiger partial charge on any atom is -0.457 e. The quantitative estimate of drug-likeness (QED) is 0.316. The largest absolute Gasteiger partial charge is 0.457 e. The molecule has 0 amide bonds. The molecule has 0 atom stereocenters. The molecule has 6 rings (SSSR count). The molecule has 0 bridgehead atoms. The molecular weight excluding hydrogens is 479 g/mol. The van der Waals surface area contributed by atoms with Crippen LogP contribution in [0.25, 0.3) is 44.9 Å². The molecule has 0 saturated carbocycles. The van der Waals surface area contributed by atoms with Gasteiger partial charge in [0.05, 0.1) is 5.56 Å². The fourth-order valence-corrected chi connectivity index (χ4v) is 4.77. The highest BCUT2D eigenvalue weighted by Gasteiger charge is 2.30. The van der Waals surface area contributed by atoms with Crippen LogP contribution in [0.1, 0.15) is 16.9 Å². The van der Waals surface area contributed by atoms with Crippen LogP contribution < -0.4 is 10.1 Å². The van der Waals surface area contributed by atoms with Crippen molar-refractivity contribution in [3.8, 4) is 22.9 Å². The van der Waals surface area contributed by atoms with E-state index in [1.807, 2.05) is 31.2 Å². The van der Waals surface area contributed by atoms with E-state index >= 15 is 0 Å². The predicted molar refractivity (Wildman–Crippen MR) is 125 cm³/mol. The number of thiazole rings is 1. The van der Waals surface area contributed by atoms with Gasteiger partial charge in [0, 0.05) is 22.6 Å². The van der Waals surface area contributed by atoms with Gasteiger partial charge in [0.1, 0.15) is 21.6 Å². The van der Waals surface area contributed by atoms with E-state index in [0.29, 0.717) is 32.4 Å². The third-order valence-electron chi connectivity index (χ3n) is 5.60. The van der Waals surface area contributed by atoms with Crippen LogP contribution in [0, 0.1) is 6.92 Å². The van der Waals surface area contributed by atoms with Crippen LogP contribution in [0.5, 0.6) is 0 Å². The smallest absolute Gasteiger partial charge is 0.416 e. The number of halogens is 3. The van der Waals surface area contributed by atoms with E-state index in [2.05, 4.69) is 10.1 Å². The number of nitrogens with zero attached hydrogens (tertiary/aromatic N) is 3. The number of furan rings is 2. The first-order chi connectivity index (χ1) is 16.8. The van der Waals surface area contributed by atoms with Gasteiger partial charge in [-0.25, -0.2) is 0 Å². The van der Waals surface area contributed by atoms with Gasteiger partial charge >= 0.3 is 6.18 Å². The summed E-state index contributed by atoms with van der Waals surface area (Å²) in [6.45, 7) is 1.91. The van der Waals surface area contributed by atoms with Gasteiger partial charge in [0.15, 0.2) is 5.76 Å². The Balaban J connectivity index is 1.36. The molecule has 0 spiro atoms. The predicted octanol–water partition coefficient (Wildman–Crippen LogP) is 5.70. The summed E-state index contributed by atoms with van der Waals surface area (Å²) in [6.07, 6.45) is -2.93. The molecule has 0 aliphatic carbocycles. The Bertz CT molecular complexity index is 1840. The van der Waals surface area contributed by atoms with Gasteiger partial charge in [0.25, 0.3) is 5.56 Å². The summed E-state index contributed by atoms with van der Waals surface area (Å²) in [5, 5.41) is 5.29. The van der Waals surface area contributed by atoms with Gasteiger partial charge in [-0.2, -0.15) is 22.7 Å². The Labute approximate surface area is 198 Å². The molecule has 4 heterocycles. The average Bonchev–Trinajstić information content (AvgIpc) is 3.60. The van der Waals surface area contributed by atoms with E-state index in [4.69, 9.17) is 8.83 Å². The maximum atomic E-state index is 13.0. The normalized spacial score (nSPS) is 12.9. The molecule has 2 aromatic carbocycles. The van der Waals surface area contributed by atoms with Crippen molar-refractivity contribution in [1.82, 2.24) is 14.6 Å². The standard InChI is InChI=1S/C25H14F3N3O3S/c1-13-17-7-2-3-8-19(17)34-21(13)22-29-24-31(30-22)23(32)20(35-24)12-16-9-10-18(33-16)14-5-4-6-15(11-14)25(26,27)28/h2-12H,1H3. The lowest BCUT2D eigenvalue weighted by Gasteiger charge is -2.07. The maximum absolute atomic E-state index is 13.0. The molecule has 0 N–H and O–H groups in total. The first kappa shape index (κ1) is 21.4. The third kappa shape index (κ3) is 3.62. The molecule has 6 nitrogen and oxygen atoms in total. The van der Waals surface area contributed by atoms with E-state index in [9.17, 15) is 18.0 Å². The molecule has 0 fully saturated rings. The molecule has 0 aliphatic heterocycles. The average molecular weight is 493 g/mol. The SMILES string of the molecule is Cc1c(-c2nc3sc(=Cc4ccc(-c5cccc(C(F)(F)F)c5)o4)c(=O)n3n2)oc2ccccc12. The third-order valence-corrected chi connectivity index (χ3v) is 6.56. The maximum Gasteiger partial charge on any atom is 0.416 e. The van der Waals surface area contributed by atoms with E-state index in [1.54, 1.807) is 12.1 Å². The Hall–Kier alpha value is -4.18. The van der Waals surface area contributed by atoms with Crippen LogP contribution in [0.3, 0.4) is 0 Å². The summed E-state index contributed by atoms with van der Waals surface area (Å²) in [6, 6.07) is 15.6. The van der Waals surface area contributed by atoms with E-state index < -0.39 is 11.7 Å². The van der Waals surface area contributed by atoms with Crippen LogP contribution in [0.2, 0.25) is 0 Å². The molecule has 6 aromatic rings. The van der Waals surface area contributed by atoms with Crippen LogP contribution in [0.15, 0.2) is 74.3 Å². The fourth-order valence-electron chi connectivity index (χ4n) is 3.88. The lowest BCUT2D eigenvalue weighted by molar-refractivity contribution is -0.137. The number of aryl methyl sites for hydroxylation is 1. The van der Waals surface area contributed by atoms with E-state index in [0.717, 1.165) is 34.4 Å². The minimum atomic E-state index is -4.45. The summed E-state index contributed by atoms with van der Waals surface area (Å²) >= 11 is 1.13. The second-order valence-corrected chi connectivity index (χ2v) is 8.89. The zero-order valence-electron chi connectivity index (χ0n) is 18.0. The van der Waals surface area contributed by atoms with Gasteiger partial charge in [-0.3, -0.25) is 4.79 Å². The van der Waals surface area contributed by atoms with Crippen molar-refractivity contribution in [1.29, 1.82) is 0 Å². The number of hydrogen-bond donors (Lipinski definition) is 0. The lowest BCUT2D eigenvalue weighted by Crippen LogP contribution is -2.23. The Morgan fingerprint density at radius 2 is 1.86 bits per heavy atom. The molecule has 4 aromatic heterocycles. The fraction of sp³-hybridized carbons (Fsp3) is 0.0800. The van der Waals surface area contributed by atoms with Crippen molar-refractivity contribution < 1.29 is 22.0 Å². The molecule has 0 aliphatic rings. The van der Waals surface area contributed by atoms with Crippen molar-refractivity contribution in [2.24, 2.45) is 0 Å². The van der Waals surface area contributed by atoms with Gasteiger partial charge in [0.2, 0.25) is 10.8 Å². The minimum absolute atomic E-state index is 0.261. The Morgan fingerprint density at radius 3 is 2.63 bits per heavy atom. The van der Waals surface area contributed by atoms with Crippen molar-refractivity contribution in [3.05, 3.63) is 92.4 Å². The molecule has 0 saturated heterocycles. The molecule has 174 valence electrons. The highest BCUT2D eigenvalue weighted by molar-refractivity contribution is 7.15. The number of hydrogen-bond acceptors (Lipinski definition) is 6. The molecule has 35 heavy (non-hydrogen) atoms. The van der Waals surface area contributed by atoms with Crippen molar-refractivity contribution in [3.63, 3.8) is 0 Å². The number of alkyl halides is 3. The van der Waals surface area contributed by atoms with Crippen LogP contribution >= 0.6 is 11.3 Å². The zero-order valence-corrected chi connectivity index (χ0v) is 18.8. The van der Waals surface area contributed by atoms with Crippen molar-refractivity contribution in [2.45, 2.75) is 13.1 Å². The van der Waals surface area contributed by atoms with Crippen molar-refractivity contribution in [2.75, 3.05) is 0 Å². The van der Waals surface area contributed by atoms with Gasteiger partial charge < -0.3 is 8.83 Å². The van der Waals surface area contributed by atoms with E-state index in [-0.39, 0.29) is 16.9 Å². The topological polar surface area (TPSA) is 73.5 Å². The monoisotopic (exact) mass is 493 g/mol. The second kappa shape index (κ2) is 7.67. The highest BCUT2D eigenvalue weighted by Crippen LogP contribution is 2.33. The highest BCUT2D eigenvalue weighted by atomic mass is 32.1. The van der Waals surface area contributed by atoms with Crippen molar-refractivity contribution >= 4 is 33.3 Å². The number of benzene rings is 2. The van der Waals surface area contributed by atoms with Gasteiger partial charge in [-0.15, -0.1) is 5.10 Å². The van der Waals surface area contributed by atoms with Gasteiger partial charge in [-0.05, 0) is 37.3 Å². The number of para-hydroxylation sites is 1. The van der Waals surface area contributed by atoms with Crippen LogP contribution in [0.4, 0.5) is 13.2 Å². The molecule has 0 radical (unpaired) electrons. The molecular formula is C25H14F3N3O3S. The number of fused-ring (bicyclic) bond motifs is 2. The first-order valence-corrected chi connectivity index (χ1v) is 11.3. The Morgan fingerprint density at radius 1 is 1.03 bits per heavy atom. The summed E-state index contributed by atoms with van der Waals surface area (Å²) in [7, 11) is 0. The van der Waals surface area contributed by atoms with Crippen LogP contribution in [-0.2, 0) is 6.18 Å². The lowest BCUT2D eigenvalue weighted by atomic mass is 10.1.